The molecule has 2 aliphatic heterocycles. The first-order chi connectivity index (χ1) is 22.3. The van der Waals surface area contributed by atoms with Crippen LogP contribution in [-0.2, 0) is 19.2 Å². The summed E-state index contributed by atoms with van der Waals surface area (Å²) in [7, 11) is 0. The van der Waals surface area contributed by atoms with E-state index in [0.29, 0.717) is 70.8 Å². The summed E-state index contributed by atoms with van der Waals surface area (Å²) in [6.07, 6.45) is 0.559. The molecule has 0 radical (unpaired) electrons. The second-order valence-electron chi connectivity index (χ2n) is 12.5. The molecule has 0 bridgehead atoms. The van der Waals surface area contributed by atoms with Crippen LogP contribution in [0.2, 0.25) is 10.0 Å². The predicted molar refractivity (Wildman–Crippen MR) is 178 cm³/mol. The molecule has 2 heterocycles. The number of halogens is 3. The quantitative estimate of drug-likeness (QED) is 0.284. The van der Waals surface area contributed by atoms with Gasteiger partial charge in [-0.2, -0.15) is 0 Å². The van der Waals surface area contributed by atoms with Crippen molar-refractivity contribution in [3.63, 3.8) is 0 Å². The third kappa shape index (κ3) is 7.39. The van der Waals surface area contributed by atoms with Crippen LogP contribution in [0, 0.1) is 12.7 Å². The van der Waals surface area contributed by atoms with Crippen LogP contribution in [0.4, 0.5) is 10.1 Å². The molecule has 0 saturated carbocycles. The number of piperazine rings is 1. The van der Waals surface area contributed by atoms with Crippen molar-refractivity contribution in [1.82, 2.24) is 15.1 Å². The van der Waals surface area contributed by atoms with Crippen molar-refractivity contribution in [3.8, 4) is 5.75 Å². The van der Waals surface area contributed by atoms with Crippen molar-refractivity contribution in [1.29, 1.82) is 0 Å². The van der Waals surface area contributed by atoms with E-state index in [1.165, 1.54) is 19.1 Å². The van der Waals surface area contributed by atoms with Gasteiger partial charge in [-0.25, -0.2) is 4.39 Å². The normalized spacial score (nSPS) is 20.0. The second-order valence-corrected chi connectivity index (χ2v) is 13.3. The summed E-state index contributed by atoms with van der Waals surface area (Å²) in [6, 6.07) is 13.9. The van der Waals surface area contributed by atoms with Gasteiger partial charge in [0.05, 0.1) is 6.04 Å². The number of ether oxygens (including phenoxy) is 1. The summed E-state index contributed by atoms with van der Waals surface area (Å²) in [5.41, 5.74) is 1.68. The third-order valence-corrected chi connectivity index (χ3v) is 9.41. The fourth-order valence-corrected chi connectivity index (χ4v) is 6.98. The lowest BCUT2D eigenvalue weighted by atomic mass is 9.70. The first kappa shape index (κ1) is 34.2. The van der Waals surface area contributed by atoms with Gasteiger partial charge in [0.2, 0.25) is 18.2 Å². The van der Waals surface area contributed by atoms with Gasteiger partial charge in [0.25, 0.3) is 5.91 Å². The van der Waals surface area contributed by atoms with Gasteiger partial charge in [0, 0.05) is 67.1 Å². The number of piperidine rings is 1. The number of nitrogens with one attached hydrogen (secondary N) is 2. The molecular weight excluding hydrogens is 646 g/mol. The molecular formula is C35H37Cl2FN4O5. The van der Waals surface area contributed by atoms with Crippen LogP contribution in [0.5, 0.6) is 5.75 Å². The lowest BCUT2D eigenvalue weighted by Crippen LogP contribution is -2.56. The largest absolute Gasteiger partial charge is 0.478 e. The van der Waals surface area contributed by atoms with E-state index in [-0.39, 0.29) is 24.1 Å². The number of benzene rings is 3. The Morgan fingerprint density at radius 1 is 0.957 bits per heavy atom. The molecule has 0 spiro atoms. The molecule has 248 valence electrons. The zero-order valence-electron chi connectivity index (χ0n) is 26.6. The van der Waals surface area contributed by atoms with Crippen molar-refractivity contribution >= 4 is 53.0 Å². The van der Waals surface area contributed by atoms with Crippen LogP contribution in [0.15, 0.2) is 54.6 Å². The molecule has 4 amide bonds. The smallest absolute Gasteiger partial charge is 0.266 e. The average Bonchev–Trinajstić information content (AvgIpc) is 3.03. The number of hydrogen-bond acceptors (Lipinski definition) is 5. The van der Waals surface area contributed by atoms with Gasteiger partial charge in [-0.1, -0.05) is 35.3 Å². The van der Waals surface area contributed by atoms with E-state index in [0.717, 1.165) is 5.56 Å². The number of carbonyl (C=O) groups is 4. The van der Waals surface area contributed by atoms with Gasteiger partial charge >= 0.3 is 0 Å². The maximum Gasteiger partial charge on any atom is 0.266 e. The van der Waals surface area contributed by atoms with Crippen LogP contribution in [-0.4, -0.2) is 65.7 Å². The maximum absolute atomic E-state index is 14.7. The zero-order valence-corrected chi connectivity index (χ0v) is 28.1. The Morgan fingerprint density at radius 3 is 2.30 bits per heavy atom. The summed E-state index contributed by atoms with van der Waals surface area (Å²) in [6.45, 7) is 8.33. The van der Waals surface area contributed by atoms with Crippen LogP contribution in [0.3, 0.4) is 0 Å². The Balaban J connectivity index is 1.60. The fraction of sp³-hybridized carbons (Fsp3) is 0.371. The van der Waals surface area contributed by atoms with E-state index >= 15 is 0 Å². The minimum absolute atomic E-state index is 0.0107. The number of anilines is 1. The lowest BCUT2D eigenvalue weighted by molar-refractivity contribution is -0.149. The summed E-state index contributed by atoms with van der Waals surface area (Å²) in [5.74, 6) is -1.82. The molecule has 0 aromatic heterocycles. The average molecular weight is 684 g/mol. The number of carbonyl (C=O) groups excluding carboxylic acids is 4. The van der Waals surface area contributed by atoms with Gasteiger partial charge in [-0.15, -0.1) is 0 Å². The SMILES string of the molecule is CC(=O)N1CCN(C(=O)C(C)(C)Oc2ccc(Cl)cc2C2CC(=O)NC(c3cc(F)ccc3C)C2c2ccc(Cl)cc2NC=O)CC1. The molecule has 5 rings (SSSR count). The molecule has 3 atom stereocenters. The van der Waals surface area contributed by atoms with Crippen molar-refractivity contribution in [2.24, 2.45) is 0 Å². The molecule has 47 heavy (non-hydrogen) atoms. The van der Waals surface area contributed by atoms with Crippen molar-refractivity contribution in [2.75, 3.05) is 31.5 Å². The van der Waals surface area contributed by atoms with Crippen molar-refractivity contribution < 1.29 is 28.3 Å². The van der Waals surface area contributed by atoms with Crippen LogP contribution in [0.1, 0.15) is 67.3 Å². The molecule has 0 aliphatic carbocycles. The topological polar surface area (TPSA) is 108 Å². The number of aryl methyl sites for hydroxylation is 1. The highest BCUT2D eigenvalue weighted by atomic mass is 35.5. The van der Waals surface area contributed by atoms with Gasteiger partial charge in [-0.3, -0.25) is 19.2 Å². The Hall–Kier alpha value is -4.15. The molecule has 3 aromatic rings. The first-order valence-electron chi connectivity index (χ1n) is 15.4. The van der Waals surface area contributed by atoms with Crippen molar-refractivity contribution in [2.45, 2.75) is 57.6 Å². The van der Waals surface area contributed by atoms with E-state index in [9.17, 15) is 23.6 Å². The highest BCUT2D eigenvalue weighted by Crippen LogP contribution is 2.52. The number of rotatable bonds is 8. The van der Waals surface area contributed by atoms with E-state index < -0.39 is 29.3 Å². The monoisotopic (exact) mass is 682 g/mol. The minimum atomic E-state index is -1.32. The van der Waals surface area contributed by atoms with E-state index in [1.54, 1.807) is 66.1 Å². The van der Waals surface area contributed by atoms with Gasteiger partial charge < -0.3 is 25.2 Å². The summed E-state index contributed by atoms with van der Waals surface area (Å²) in [4.78, 5) is 54.1. The first-order valence-corrected chi connectivity index (χ1v) is 16.1. The van der Waals surface area contributed by atoms with Gasteiger partial charge in [0.1, 0.15) is 11.6 Å². The Labute approximate surface area is 283 Å². The number of hydrogen-bond donors (Lipinski definition) is 2. The van der Waals surface area contributed by atoms with Crippen LogP contribution in [0.25, 0.3) is 0 Å². The molecule has 3 aromatic carbocycles. The lowest BCUT2D eigenvalue weighted by Gasteiger charge is -2.42. The van der Waals surface area contributed by atoms with Crippen molar-refractivity contribution in [3.05, 3.63) is 92.7 Å². The molecule has 2 fully saturated rings. The predicted octanol–water partition coefficient (Wildman–Crippen LogP) is 5.99. The standard InChI is InChI=1S/C35H37Cl2FN4O5/c1-20-5-8-24(38)17-26(20)33-32(25-9-6-23(37)16-29(25)39-19-43)28(18-31(45)40-33)27-15-22(36)7-10-30(27)47-35(3,4)34(46)42-13-11-41(12-14-42)21(2)44/h5-10,15-17,19,28,32-33H,11-14,18H2,1-4H3,(H,39,43)(H,40,45). The van der Waals surface area contributed by atoms with Crippen LogP contribution < -0.4 is 15.4 Å². The van der Waals surface area contributed by atoms with Crippen LogP contribution >= 0.6 is 23.2 Å². The molecule has 2 saturated heterocycles. The molecule has 12 heteroatoms. The Kier molecular flexibility index (Phi) is 10.1. The van der Waals surface area contributed by atoms with Gasteiger partial charge in [0.15, 0.2) is 5.60 Å². The second kappa shape index (κ2) is 13.9. The van der Waals surface area contributed by atoms with E-state index in [4.69, 9.17) is 27.9 Å². The molecule has 2 N–H and O–H groups in total. The molecule has 3 unspecified atom stereocenters. The zero-order chi connectivity index (χ0) is 34.0. The van der Waals surface area contributed by atoms with Gasteiger partial charge in [-0.05, 0) is 85.5 Å². The Bertz CT molecular complexity index is 1710. The van der Waals surface area contributed by atoms with E-state index in [2.05, 4.69) is 10.6 Å². The summed E-state index contributed by atoms with van der Waals surface area (Å²) in [5, 5.41) is 6.59. The Morgan fingerprint density at radius 2 is 1.62 bits per heavy atom. The highest BCUT2D eigenvalue weighted by molar-refractivity contribution is 6.31. The number of amides is 4. The van der Waals surface area contributed by atoms with E-state index in [1.807, 2.05) is 6.92 Å². The third-order valence-electron chi connectivity index (χ3n) is 8.94. The molecule has 2 aliphatic rings. The maximum atomic E-state index is 14.7. The number of nitrogens with zero attached hydrogens (tertiary/aromatic N) is 2. The fourth-order valence-electron chi connectivity index (χ4n) is 6.63. The summed E-state index contributed by atoms with van der Waals surface area (Å²) >= 11 is 12.9. The minimum Gasteiger partial charge on any atom is -0.478 e. The summed E-state index contributed by atoms with van der Waals surface area (Å²) < 4.78 is 21.2. The highest BCUT2D eigenvalue weighted by Gasteiger charge is 2.44. The molecule has 9 nitrogen and oxygen atoms in total.